The Morgan fingerprint density at radius 3 is 2.35 bits per heavy atom. The zero-order chi connectivity index (χ0) is 22.8. The normalized spacial score (nSPS) is 23.5. The van der Waals surface area contributed by atoms with Gasteiger partial charge in [0.05, 0.1) is 22.8 Å². The van der Waals surface area contributed by atoms with E-state index >= 15 is 0 Å². The largest absolute Gasteiger partial charge is 0.452 e. The third-order valence-electron chi connectivity index (χ3n) is 5.63. The Morgan fingerprint density at radius 1 is 1.13 bits per heavy atom. The Labute approximate surface area is 188 Å². The van der Waals surface area contributed by atoms with E-state index < -0.39 is 16.0 Å². The number of carbonyl (C=O) groups excluding carboxylic acids is 2. The number of carbonyl (C=O) groups is 2. The summed E-state index contributed by atoms with van der Waals surface area (Å²) in [5, 5.41) is 0.0156. The van der Waals surface area contributed by atoms with E-state index in [9.17, 15) is 18.0 Å². The zero-order valence-corrected chi connectivity index (χ0v) is 19.6. The summed E-state index contributed by atoms with van der Waals surface area (Å²) < 4.78 is 38.4. The van der Waals surface area contributed by atoms with E-state index in [0.29, 0.717) is 19.0 Å². The first-order valence-electron chi connectivity index (χ1n) is 10.5. The fourth-order valence-electron chi connectivity index (χ4n) is 3.85. The van der Waals surface area contributed by atoms with E-state index in [4.69, 9.17) is 21.1 Å². The molecule has 1 amide bonds. The summed E-state index contributed by atoms with van der Waals surface area (Å²) in [7, 11) is -3.93. The number of nitrogens with zero attached hydrogens (tertiary/aromatic N) is 2. The monoisotopic (exact) mass is 472 g/mol. The van der Waals surface area contributed by atoms with Crippen molar-refractivity contribution in [2.45, 2.75) is 50.7 Å². The average molecular weight is 473 g/mol. The predicted octanol–water partition coefficient (Wildman–Crippen LogP) is 2.55. The average Bonchev–Trinajstić information content (AvgIpc) is 2.71. The van der Waals surface area contributed by atoms with Gasteiger partial charge in [-0.25, -0.2) is 13.2 Å². The number of ether oxygens (including phenoxy) is 2. The molecular formula is C21H29ClN2O6S. The fraction of sp³-hybridized carbons (Fsp3) is 0.619. The molecule has 0 aliphatic carbocycles. The van der Waals surface area contributed by atoms with Gasteiger partial charge in [0.2, 0.25) is 10.0 Å². The smallest absolute Gasteiger partial charge is 0.338 e. The number of piperidine rings is 1. The van der Waals surface area contributed by atoms with Crippen LogP contribution in [0.25, 0.3) is 0 Å². The third kappa shape index (κ3) is 5.77. The van der Waals surface area contributed by atoms with Crippen molar-refractivity contribution >= 4 is 33.5 Å². The van der Waals surface area contributed by atoms with Gasteiger partial charge in [-0.3, -0.25) is 4.79 Å². The van der Waals surface area contributed by atoms with Gasteiger partial charge in [-0.1, -0.05) is 18.5 Å². The van der Waals surface area contributed by atoms with Crippen LogP contribution in [0.2, 0.25) is 5.02 Å². The number of sulfonamides is 1. The second kappa shape index (κ2) is 9.85. The van der Waals surface area contributed by atoms with Crippen molar-refractivity contribution in [3.8, 4) is 0 Å². The maximum Gasteiger partial charge on any atom is 0.338 e. The van der Waals surface area contributed by atoms with Gasteiger partial charge in [-0.15, -0.1) is 0 Å². The topological polar surface area (TPSA) is 93.2 Å². The molecular weight excluding hydrogens is 444 g/mol. The van der Waals surface area contributed by atoms with E-state index in [1.165, 1.54) is 22.5 Å². The Balaban J connectivity index is 1.70. The van der Waals surface area contributed by atoms with Crippen LogP contribution in [0.15, 0.2) is 23.1 Å². The number of amides is 1. The molecule has 2 saturated heterocycles. The molecule has 8 nitrogen and oxygen atoms in total. The molecule has 0 N–H and O–H groups in total. The highest BCUT2D eigenvalue weighted by Gasteiger charge is 2.34. The second-order valence-corrected chi connectivity index (χ2v) is 10.7. The lowest BCUT2D eigenvalue weighted by Crippen LogP contribution is -2.48. The highest BCUT2D eigenvalue weighted by Crippen LogP contribution is 2.28. The fourth-order valence-corrected chi connectivity index (χ4v) is 5.94. The molecule has 0 bridgehead atoms. The number of morpholine rings is 1. The number of rotatable bonds is 5. The summed E-state index contributed by atoms with van der Waals surface area (Å²) in [6.07, 6.45) is 1.34. The molecule has 0 unspecified atom stereocenters. The molecule has 31 heavy (non-hydrogen) atoms. The van der Waals surface area contributed by atoms with Crippen molar-refractivity contribution in [1.82, 2.24) is 9.21 Å². The van der Waals surface area contributed by atoms with Gasteiger partial charge in [0, 0.05) is 26.2 Å². The number of hydrogen-bond donors (Lipinski definition) is 0. The first-order valence-corrected chi connectivity index (χ1v) is 12.3. The molecule has 172 valence electrons. The van der Waals surface area contributed by atoms with Crippen molar-refractivity contribution in [1.29, 1.82) is 0 Å². The Morgan fingerprint density at radius 2 is 1.74 bits per heavy atom. The quantitative estimate of drug-likeness (QED) is 0.611. The summed E-state index contributed by atoms with van der Waals surface area (Å²) in [6.45, 7) is 7.06. The lowest BCUT2D eigenvalue weighted by Gasteiger charge is -2.34. The maximum absolute atomic E-state index is 13.1. The van der Waals surface area contributed by atoms with Gasteiger partial charge in [0.25, 0.3) is 5.91 Å². The molecule has 2 atom stereocenters. The van der Waals surface area contributed by atoms with Crippen LogP contribution < -0.4 is 0 Å². The first-order chi connectivity index (χ1) is 14.6. The number of esters is 1. The first kappa shape index (κ1) is 24.0. The molecule has 2 aliphatic rings. The summed E-state index contributed by atoms with van der Waals surface area (Å²) in [5.41, 5.74) is 0.0254. The summed E-state index contributed by atoms with van der Waals surface area (Å²) in [4.78, 5) is 26.3. The molecule has 10 heteroatoms. The van der Waals surface area contributed by atoms with Gasteiger partial charge in [-0.05, 0) is 50.8 Å². The van der Waals surface area contributed by atoms with E-state index in [-0.39, 0.29) is 53.3 Å². The van der Waals surface area contributed by atoms with Gasteiger partial charge in [0.15, 0.2) is 6.61 Å². The Kier molecular flexibility index (Phi) is 7.62. The van der Waals surface area contributed by atoms with Crippen LogP contribution in [-0.4, -0.2) is 74.5 Å². The molecule has 2 heterocycles. The van der Waals surface area contributed by atoms with Crippen LogP contribution in [0.1, 0.15) is 44.0 Å². The molecule has 0 spiro atoms. The van der Waals surface area contributed by atoms with E-state index in [1.54, 1.807) is 18.7 Å². The SMILES string of the molecule is CC1CCN(C(=O)COC(=O)c2ccc(Cl)c(S(=O)(=O)N3C[C@H](C)O[C@@H](C)C3)c2)CC1. The summed E-state index contributed by atoms with van der Waals surface area (Å²) in [5.74, 6) is -0.438. The van der Waals surface area contributed by atoms with Gasteiger partial charge < -0.3 is 14.4 Å². The number of halogens is 1. The van der Waals surface area contributed by atoms with Crippen LogP contribution in [0.5, 0.6) is 0 Å². The number of benzene rings is 1. The highest BCUT2D eigenvalue weighted by atomic mass is 35.5. The predicted molar refractivity (Wildman–Crippen MR) is 115 cm³/mol. The lowest BCUT2D eigenvalue weighted by atomic mass is 9.99. The molecule has 2 aliphatic heterocycles. The molecule has 1 aromatic carbocycles. The third-order valence-corrected chi connectivity index (χ3v) is 7.95. The standard InChI is InChI=1S/C21H29ClN2O6S/c1-14-6-8-23(9-7-14)20(25)13-29-21(26)17-4-5-18(22)19(10-17)31(27,28)24-11-15(2)30-16(3)12-24/h4-5,10,14-16H,6-9,11-13H2,1-3H3/t15-,16-/m0/s1. The maximum atomic E-state index is 13.1. The van der Waals surface area contributed by atoms with Crippen molar-refractivity contribution in [2.24, 2.45) is 5.92 Å². The van der Waals surface area contributed by atoms with E-state index in [2.05, 4.69) is 6.92 Å². The van der Waals surface area contributed by atoms with Crippen molar-refractivity contribution in [2.75, 3.05) is 32.8 Å². The van der Waals surface area contributed by atoms with Gasteiger partial charge in [0.1, 0.15) is 4.90 Å². The van der Waals surface area contributed by atoms with Crippen LogP contribution in [0.4, 0.5) is 0 Å². The van der Waals surface area contributed by atoms with Crippen molar-refractivity contribution in [3.63, 3.8) is 0 Å². The molecule has 1 aromatic rings. The minimum Gasteiger partial charge on any atom is -0.452 e. The minimum absolute atomic E-state index is 0.0156. The van der Waals surface area contributed by atoms with Gasteiger partial charge >= 0.3 is 5.97 Å². The van der Waals surface area contributed by atoms with Crippen LogP contribution in [-0.2, 0) is 24.3 Å². The van der Waals surface area contributed by atoms with E-state index in [1.807, 2.05) is 0 Å². The molecule has 2 fully saturated rings. The summed E-state index contributed by atoms with van der Waals surface area (Å²) in [6, 6.07) is 3.95. The highest BCUT2D eigenvalue weighted by molar-refractivity contribution is 7.89. The Hall–Kier alpha value is -1.68. The number of hydrogen-bond acceptors (Lipinski definition) is 6. The minimum atomic E-state index is -3.93. The van der Waals surface area contributed by atoms with Crippen molar-refractivity contribution in [3.05, 3.63) is 28.8 Å². The molecule has 0 saturated carbocycles. The Bertz CT molecular complexity index is 920. The molecule has 0 radical (unpaired) electrons. The van der Waals surface area contributed by atoms with Crippen LogP contribution in [0, 0.1) is 5.92 Å². The zero-order valence-electron chi connectivity index (χ0n) is 18.0. The van der Waals surface area contributed by atoms with Gasteiger partial charge in [-0.2, -0.15) is 4.31 Å². The second-order valence-electron chi connectivity index (χ2n) is 8.36. The van der Waals surface area contributed by atoms with Crippen LogP contribution >= 0.6 is 11.6 Å². The summed E-state index contributed by atoms with van der Waals surface area (Å²) >= 11 is 6.17. The van der Waals surface area contributed by atoms with Crippen LogP contribution in [0.3, 0.4) is 0 Å². The van der Waals surface area contributed by atoms with Crippen molar-refractivity contribution < 1.29 is 27.5 Å². The molecule has 3 rings (SSSR count). The van der Waals surface area contributed by atoms with E-state index in [0.717, 1.165) is 12.8 Å². The lowest BCUT2D eigenvalue weighted by molar-refractivity contribution is -0.135. The number of likely N-dealkylation sites (tertiary alicyclic amines) is 1. The molecule has 0 aromatic heterocycles.